The molecule has 0 radical (unpaired) electrons. The lowest BCUT2D eigenvalue weighted by atomic mass is 9.97. The van der Waals surface area contributed by atoms with E-state index in [1.807, 2.05) is 33.2 Å². The monoisotopic (exact) mass is 295 g/mol. The van der Waals surface area contributed by atoms with Gasteiger partial charge in [0.15, 0.2) is 0 Å². The van der Waals surface area contributed by atoms with Crippen LogP contribution in [0.25, 0.3) is 0 Å². The second-order valence-corrected chi connectivity index (χ2v) is 5.17. The van der Waals surface area contributed by atoms with E-state index in [1.54, 1.807) is 6.07 Å². The van der Waals surface area contributed by atoms with E-state index in [2.05, 4.69) is 5.32 Å². The van der Waals surface area contributed by atoms with Crippen molar-refractivity contribution in [2.45, 2.75) is 37.9 Å². The van der Waals surface area contributed by atoms with Gasteiger partial charge in [-0.2, -0.15) is 0 Å². The number of aldehydes is 1. The van der Waals surface area contributed by atoms with Crippen molar-refractivity contribution in [3.8, 4) is 5.75 Å². The highest BCUT2D eigenvalue weighted by Gasteiger charge is 2.41. The fourth-order valence-electron chi connectivity index (χ4n) is 2.08. The first kappa shape index (κ1) is 17.6. The van der Waals surface area contributed by atoms with Crippen LogP contribution in [-0.4, -0.2) is 37.2 Å². The summed E-state index contributed by atoms with van der Waals surface area (Å²) in [5.74, 6) is -0.654. The van der Waals surface area contributed by atoms with Crippen LogP contribution in [0, 0.1) is 0 Å². The molecule has 0 bridgehead atoms. The number of carbonyl (C=O) groups is 1. The molecule has 21 heavy (non-hydrogen) atoms. The van der Waals surface area contributed by atoms with Crippen molar-refractivity contribution < 1.29 is 19.7 Å². The van der Waals surface area contributed by atoms with Crippen LogP contribution in [0.5, 0.6) is 5.75 Å². The zero-order valence-corrected chi connectivity index (χ0v) is 12.9. The van der Waals surface area contributed by atoms with Gasteiger partial charge in [-0.25, -0.2) is 0 Å². The minimum atomic E-state index is -1.78. The summed E-state index contributed by atoms with van der Waals surface area (Å²) in [6, 6.07) is 5.66. The lowest BCUT2D eigenvalue weighted by molar-refractivity contribution is -0.174. The molecule has 1 aliphatic heterocycles. The van der Waals surface area contributed by atoms with Crippen LogP contribution >= 0.6 is 0 Å². The van der Waals surface area contributed by atoms with E-state index in [1.165, 1.54) is 0 Å². The minimum Gasteiger partial charge on any atom is -0.487 e. The van der Waals surface area contributed by atoms with Crippen LogP contribution in [0.2, 0.25) is 0 Å². The third-order valence-electron chi connectivity index (χ3n) is 3.07. The molecule has 2 aliphatic rings. The Morgan fingerprint density at radius 2 is 1.95 bits per heavy atom. The van der Waals surface area contributed by atoms with Crippen molar-refractivity contribution in [3.05, 3.63) is 29.3 Å². The molecule has 0 amide bonds. The maximum atomic E-state index is 9.73. The Morgan fingerprint density at radius 1 is 1.38 bits per heavy atom. The van der Waals surface area contributed by atoms with Gasteiger partial charge in [-0.3, -0.25) is 0 Å². The summed E-state index contributed by atoms with van der Waals surface area (Å²) in [4.78, 5) is 9.17. The predicted molar refractivity (Wildman–Crippen MR) is 81.4 cm³/mol. The Bertz CT molecular complexity index is 456. The number of fused-ring (bicyclic) bond motifs is 1. The quantitative estimate of drug-likeness (QED) is 0.569. The molecule has 1 saturated carbocycles. The molecule has 0 unspecified atom stereocenters. The topological polar surface area (TPSA) is 78.8 Å². The highest BCUT2D eigenvalue weighted by atomic mass is 16.6. The zero-order chi connectivity index (χ0) is 15.9. The van der Waals surface area contributed by atoms with Gasteiger partial charge >= 0.3 is 0 Å². The van der Waals surface area contributed by atoms with E-state index in [9.17, 15) is 15.0 Å². The van der Waals surface area contributed by atoms with Gasteiger partial charge in [0.25, 0.3) is 0 Å². The summed E-state index contributed by atoms with van der Waals surface area (Å²) < 4.78 is 5.23. The van der Waals surface area contributed by atoms with Crippen molar-refractivity contribution >= 4 is 6.29 Å². The first-order valence-electron chi connectivity index (χ1n) is 7.24. The highest BCUT2D eigenvalue weighted by molar-refractivity contribution is 5.49. The Kier molecular flexibility index (Phi) is 6.81. The molecule has 3 rings (SSSR count). The van der Waals surface area contributed by atoms with E-state index >= 15 is 0 Å². The van der Waals surface area contributed by atoms with Crippen LogP contribution in [0.4, 0.5) is 0 Å². The van der Waals surface area contributed by atoms with Gasteiger partial charge in [0.05, 0.1) is 5.56 Å². The fourth-order valence-corrected chi connectivity index (χ4v) is 2.08. The Morgan fingerprint density at radius 3 is 2.43 bits per heavy atom. The maximum absolute atomic E-state index is 9.73. The smallest absolute Gasteiger partial charge is 0.229 e. The van der Waals surface area contributed by atoms with Gasteiger partial charge in [-0.15, -0.1) is 0 Å². The largest absolute Gasteiger partial charge is 0.487 e. The molecule has 0 spiro atoms. The molecule has 1 aliphatic carbocycles. The predicted octanol–water partition coefficient (Wildman–Crippen LogP) is 1.52. The summed E-state index contributed by atoms with van der Waals surface area (Å²) in [7, 11) is 3.75. The number of hydrogen-bond donors (Lipinski definition) is 3. The second-order valence-electron chi connectivity index (χ2n) is 5.17. The Hall–Kier alpha value is -1.43. The normalized spacial score (nSPS) is 17.4. The number of nitrogens with one attached hydrogen (secondary N) is 1. The van der Waals surface area contributed by atoms with Crippen molar-refractivity contribution in [1.82, 2.24) is 5.32 Å². The minimum absolute atomic E-state index is 0.0495. The van der Waals surface area contributed by atoms with Crippen molar-refractivity contribution in [3.63, 3.8) is 0 Å². The zero-order valence-electron chi connectivity index (χ0n) is 12.9. The van der Waals surface area contributed by atoms with Gasteiger partial charge in [-0.1, -0.05) is 19.1 Å². The summed E-state index contributed by atoms with van der Waals surface area (Å²) in [6.45, 7) is 1.76. The Labute approximate surface area is 125 Å². The molecule has 3 N–H and O–H groups in total. The van der Waals surface area contributed by atoms with Gasteiger partial charge in [0, 0.05) is 6.42 Å². The molecule has 5 nitrogen and oxygen atoms in total. The Balaban J connectivity index is 0.000000270. The molecule has 1 aromatic carbocycles. The van der Waals surface area contributed by atoms with Gasteiger partial charge < -0.3 is 25.1 Å². The van der Waals surface area contributed by atoms with Crippen molar-refractivity contribution in [2.24, 2.45) is 0 Å². The second kappa shape index (κ2) is 8.12. The number of aliphatic hydroxyl groups is 2. The first-order valence-corrected chi connectivity index (χ1v) is 7.24. The fraction of sp³-hybridized carbons (Fsp3) is 0.562. The molecule has 0 atom stereocenters. The highest BCUT2D eigenvalue weighted by Crippen LogP contribution is 2.48. The van der Waals surface area contributed by atoms with Crippen LogP contribution in [-0.2, 0) is 10.6 Å². The van der Waals surface area contributed by atoms with E-state index in [0.717, 1.165) is 24.7 Å². The average molecular weight is 295 g/mol. The maximum Gasteiger partial charge on any atom is 0.229 e. The summed E-state index contributed by atoms with van der Waals surface area (Å²) in [5, 5.41) is 22.2. The van der Waals surface area contributed by atoms with E-state index in [4.69, 9.17) is 4.74 Å². The molecule has 1 heterocycles. The molecule has 1 fully saturated rings. The first-order chi connectivity index (χ1) is 10.0. The lowest BCUT2D eigenvalue weighted by Gasteiger charge is -2.16. The van der Waals surface area contributed by atoms with Gasteiger partial charge in [0.1, 0.15) is 18.6 Å². The van der Waals surface area contributed by atoms with E-state index in [-0.39, 0.29) is 6.61 Å². The van der Waals surface area contributed by atoms with Crippen molar-refractivity contribution in [1.29, 1.82) is 0 Å². The van der Waals surface area contributed by atoms with Crippen molar-refractivity contribution in [2.75, 3.05) is 20.7 Å². The third-order valence-corrected chi connectivity index (χ3v) is 3.07. The number of carbonyl (C=O) groups excluding carboxylic acids is 1. The molecule has 118 valence electrons. The van der Waals surface area contributed by atoms with E-state index < -0.39 is 5.79 Å². The van der Waals surface area contributed by atoms with Crippen LogP contribution < -0.4 is 10.1 Å². The number of hydrogen-bond acceptors (Lipinski definition) is 5. The molecule has 0 aromatic heterocycles. The molecule has 5 heteroatoms. The molecular formula is C16H25NO4. The van der Waals surface area contributed by atoms with Crippen LogP contribution in [0.15, 0.2) is 18.2 Å². The molecular weight excluding hydrogens is 270 g/mol. The van der Waals surface area contributed by atoms with E-state index in [0.29, 0.717) is 23.7 Å². The summed E-state index contributed by atoms with van der Waals surface area (Å²) in [6.07, 6.45) is 3.80. The van der Waals surface area contributed by atoms with Crippen LogP contribution in [0.1, 0.15) is 43.2 Å². The third kappa shape index (κ3) is 4.81. The number of benzene rings is 1. The number of ether oxygens (including phenoxy) is 1. The summed E-state index contributed by atoms with van der Waals surface area (Å²) in [5.41, 5.74) is 1.63. The van der Waals surface area contributed by atoms with Crippen LogP contribution in [0.3, 0.4) is 0 Å². The van der Waals surface area contributed by atoms with Gasteiger partial charge in [0.2, 0.25) is 5.79 Å². The summed E-state index contributed by atoms with van der Waals surface area (Å²) >= 11 is 0. The van der Waals surface area contributed by atoms with Gasteiger partial charge in [-0.05, 0) is 44.5 Å². The standard InChI is InChI=1S/C11H12O3.C3H6O.C2H7N/c12-11(13)6-14-9-3-1-2-8(10(9)11)7-4-5-7;1-2-3-4;1-3-2/h1-3,7,12-13H,4-6H2;3H,2H2,1H3;3H,1-2H3. The molecule has 1 aromatic rings. The SMILES string of the molecule is CCC=O.CNC.OC1(O)COc2cccc(C3CC3)c21. The average Bonchev–Trinajstić information content (AvgIpc) is 3.26. The number of rotatable bonds is 2. The lowest BCUT2D eigenvalue weighted by Crippen LogP contribution is -2.27. The molecule has 0 saturated heterocycles.